The predicted molar refractivity (Wildman–Crippen MR) is 45.3 cm³/mol. The Balaban J connectivity index is 3.68. The Morgan fingerprint density at radius 3 is 2.38 bits per heavy atom. The molecule has 0 heterocycles. The third-order valence-electron chi connectivity index (χ3n) is 1.80. The second kappa shape index (κ2) is 4.96. The Morgan fingerprint density at radius 1 is 1.46 bits per heavy atom. The fourth-order valence-corrected chi connectivity index (χ4v) is 0.811. The molecule has 0 aliphatic carbocycles. The van der Waals surface area contributed by atoms with Crippen LogP contribution in [0.1, 0.15) is 19.8 Å². The van der Waals surface area contributed by atoms with Crippen LogP contribution < -0.4 is 0 Å². The van der Waals surface area contributed by atoms with Crippen LogP contribution in [0.3, 0.4) is 0 Å². The average molecular weight is 190 g/mol. The van der Waals surface area contributed by atoms with E-state index in [-0.39, 0.29) is 25.1 Å². The molecule has 0 fully saturated rings. The molecular formula is C8H16NO4+. The highest BCUT2D eigenvalue weighted by atomic mass is 16.8. The van der Waals surface area contributed by atoms with Crippen LogP contribution in [0.5, 0.6) is 0 Å². The number of rotatable bonds is 6. The topological polar surface area (TPSA) is 77.8 Å². The van der Waals surface area contributed by atoms with Gasteiger partial charge >= 0.3 is 5.97 Å². The van der Waals surface area contributed by atoms with Gasteiger partial charge in [0, 0.05) is 12.0 Å². The molecule has 0 aliphatic rings. The molecule has 0 aromatic heterocycles. The lowest BCUT2D eigenvalue weighted by molar-refractivity contribution is -1.24. The summed E-state index contributed by atoms with van der Waals surface area (Å²) in [6.45, 7) is 5.25. The van der Waals surface area contributed by atoms with Gasteiger partial charge in [0.05, 0.1) is 0 Å². The Morgan fingerprint density at radius 2 is 2.00 bits per heavy atom. The lowest BCUT2D eigenvalue weighted by atomic mass is 10.1. The number of hydrogen-bond donors (Lipinski definition) is 3. The first-order valence-corrected chi connectivity index (χ1v) is 4.12. The Hall–Kier alpha value is -0.910. The van der Waals surface area contributed by atoms with Crippen molar-refractivity contribution in [1.82, 2.24) is 0 Å². The smallest absolute Gasteiger partial charge is 0.330 e. The number of carboxylic acids is 1. The second-order valence-electron chi connectivity index (χ2n) is 2.93. The number of carbonyl (C=O) groups is 1. The summed E-state index contributed by atoms with van der Waals surface area (Å²) in [7, 11) is 0. The van der Waals surface area contributed by atoms with Gasteiger partial charge in [-0.05, 0) is 18.2 Å². The highest BCUT2D eigenvalue weighted by molar-refractivity contribution is 5.85. The van der Waals surface area contributed by atoms with Crippen molar-refractivity contribution in [3.63, 3.8) is 0 Å². The molecule has 13 heavy (non-hydrogen) atoms. The zero-order chi connectivity index (χ0) is 10.5. The van der Waals surface area contributed by atoms with Gasteiger partial charge in [0.1, 0.15) is 13.1 Å². The Bertz CT molecular complexity index is 200. The molecule has 0 bridgehead atoms. The van der Waals surface area contributed by atoms with E-state index in [1.54, 1.807) is 6.92 Å². The van der Waals surface area contributed by atoms with Gasteiger partial charge in [0.2, 0.25) is 0 Å². The molecule has 0 aliphatic heterocycles. The summed E-state index contributed by atoms with van der Waals surface area (Å²) in [6, 6.07) is 0. The van der Waals surface area contributed by atoms with Gasteiger partial charge in [0.25, 0.3) is 0 Å². The number of carboxylic acid groups (broad SMARTS) is 1. The van der Waals surface area contributed by atoms with Crippen LogP contribution in [0.2, 0.25) is 0 Å². The van der Waals surface area contributed by atoms with Crippen LogP contribution in [-0.2, 0) is 4.79 Å². The molecule has 0 saturated carbocycles. The van der Waals surface area contributed by atoms with Crippen molar-refractivity contribution in [1.29, 1.82) is 0 Å². The van der Waals surface area contributed by atoms with Crippen molar-refractivity contribution in [3.05, 3.63) is 12.2 Å². The van der Waals surface area contributed by atoms with E-state index in [2.05, 4.69) is 6.58 Å². The van der Waals surface area contributed by atoms with Gasteiger partial charge < -0.3 is 5.11 Å². The molecule has 5 heteroatoms. The summed E-state index contributed by atoms with van der Waals surface area (Å²) in [5, 5.41) is 26.6. The molecule has 0 aromatic rings. The quantitative estimate of drug-likeness (QED) is 0.332. The van der Waals surface area contributed by atoms with Gasteiger partial charge in [-0.1, -0.05) is 6.58 Å². The maximum Gasteiger partial charge on any atom is 0.330 e. The van der Waals surface area contributed by atoms with E-state index in [4.69, 9.17) is 15.5 Å². The highest BCUT2D eigenvalue weighted by Gasteiger charge is 2.19. The van der Waals surface area contributed by atoms with E-state index in [1.165, 1.54) is 0 Å². The summed E-state index contributed by atoms with van der Waals surface area (Å²) in [4.78, 5) is 9.23. The summed E-state index contributed by atoms with van der Waals surface area (Å²) in [5.74, 6) is -1.04. The molecule has 0 amide bonds. The maximum absolute atomic E-state index is 10.3. The number of hydroxylamine groups is 4. The van der Waals surface area contributed by atoms with Crippen LogP contribution in [0.15, 0.2) is 12.2 Å². The van der Waals surface area contributed by atoms with Gasteiger partial charge in [0.15, 0.2) is 0 Å². The first-order chi connectivity index (χ1) is 5.89. The third kappa shape index (κ3) is 5.35. The lowest BCUT2D eigenvalue weighted by Gasteiger charge is -2.18. The van der Waals surface area contributed by atoms with Gasteiger partial charge in [-0.25, -0.2) is 4.79 Å². The molecule has 0 unspecified atom stereocenters. The molecule has 0 radical (unpaired) electrons. The molecule has 0 rings (SSSR count). The maximum atomic E-state index is 10.3. The first-order valence-electron chi connectivity index (χ1n) is 4.12. The summed E-state index contributed by atoms with van der Waals surface area (Å²) < 4.78 is 0. The van der Waals surface area contributed by atoms with E-state index >= 15 is 0 Å². The Labute approximate surface area is 77.0 Å². The fourth-order valence-electron chi connectivity index (χ4n) is 0.811. The van der Waals surface area contributed by atoms with Crippen LogP contribution in [-0.4, -0.2) is 39.4 Å². The fraction of sp³-hybridized carbons (Fsp3) is 0.625. The van der Waals surface area contributed by atoms with Crippen molar-refractivity contribution in [2.45, 2.75) is 19.8 Å². The van der Waals surface area contributed by atoms with Crippen molar-refractivity contribution in [2.75, 3.05) is 13.1 Å². The van der Waals surface area contributed by atoms with Crippen molar-refractivity contribution in [2.24, 2.45) is 0 Å². The van der Waals surface area contributed by atoms with Crippen molar-refractivity contribution in [3.8, 4) is 0 Å². The number of aliphatic carboxylic acids is 1. The van der Waals surface area contributed by atoms with Gasteiger partial charge in [-0.15, -0.1) is 0 Å². The molecule has 0 saturated heterocycles. The van der Waals surface area contributed by atoms with E-state index in [0.717, 1.165) is 0 Å². The van der Waals surface area contributed by atoms with Crippen LogP contribution >= 0.6 is 0 Å². The van der Waals surface area contributed by atoms with Crippen molar-refractivity contribution >= 4 is 5.97 Å². The monoisotopic (exact) mass is 190 g/mol. The number of hydrogen-bond acceptors (Lipinski definition) is 3. The normalized spacial score (nSPS) is 11.3. The minimum Gasteiger partial charge on any atom is -0.478 e. The van der Waals surface area contributed by atoms with E-state index in [0.29, 0.717) is 6.42 Å². The molecule has 3 N–H and O–H groups in total. The molecule has 0 spiro atoms. The third-order valence-corrected chi connectivity index (χ3v) is 1.80. The molecule has 76 valence electrons. The molecule has 5 nitrogen and oxygen atoms in total. The molecule has 0 aromatic carbocycles. The predicted octanol–water partition coefficient (Wildman–Crippen LogP) is 1.02. The standard InChI is InChI=1S/C8H15NO4/c1-3-9(12,13)6-4-5-7(2)8(10)11/h12-13H,2-6H2,1H3/p+1. The zero-order valence-corrected chi connectivity index (χ0v) is 7.73. The van der Waals surface area contributed by atoms with Gasteiger partial charge in [-0.2, -0.15) is 10.4 Å². The minimum absolute atomic E-state index is 0.0936. The van der Waals surface area contributed by atoms with Gasteiger partial charge in [-0.3, -0.25) is 0 Å². The SMILES string of the molecule is C=C(CCC[N+](O)(O)CC)C(=O)O. The largest absolute Gasteiger partial charge is 0.478 e. The number of nitrogens with zero attached hydrogens (tertiary/aromatic N) is 1. The van der Waals surface area contributed by atoms with E-state index < -0.39 is 10.8 Å². The lowest BCUT2D eigenvalue weighted by Crippen LogP contribution is -2.41. The van der Waals surface area contributed by atoms with Crippen LogP contribution in [0.25, 0.3) is 0 Å². The van der Waals surface area contributed by atoms with Crippen LogP contribution in [0, 0.1) is 0 Å². The Kier molecular flexibility index (Phi) is 4.61. The molecular weight excluding hydrogens is 174 g/mol. The highest BCUT2D eigenvalue weighted by Crippen LogP contribution is 2.06. The van der Waals surface area contributed by atoms with Crippen molar-refractivity contribution < 1.29 is 25.1 Å². The van der Waals surface area contributed by atoms with E-state index in [9.17, 15) is 4.79 Å². The number of quaternary nitrogens is 1. The van der Waals surface area contributed by atoms with Crippen LogP contribution in [0.4, 0.5) is 0 Å². The van der Waals surface area contributed by atoms with E-state index in [1.807, 2.05) is 0 Å². The second-order valence-corrected chi connectivity index (χ2v) is 2.93. The first kappa shape index (κ1) is 12.1. The molecule has 0 atom stereocenters. The summed E-state index contributed by atoms with van der Waals surface area (Å²) in [5.41, 5.74) is 0.0936. The average Bonchev–Trinajstić information content (AvgIpc) is 2.04. The summed E-state index contributed by atoms with van der Waals surface area (Å²) in [6.07, 6.45) is 0.669. The summed E-state index contributed by atoms with van der Waals surface area (Å²) >= 11 is 0. The minimum atomic E-state index is -1.06. The zero-order valence-electron chi connectivity index (χ0n) is 7.73.